The average molecular weight is 546 g/mol. The van der Waals surface area contributed by atoms with Gasteiger partial charge in [-0.3, -0.25) is 4.79 Å². The SMILES string of the molecule is COc1cc(/C=C(/C#N)C(=O)Nc2cccc(C)c2)cc(Br)c1OCc1ccc(Cl)c(Cl)c1. The lowest BCUT2D eigenvalue weighted by Gasteiger charge is -2.14. The minimum absolute atomic E-state index is 0.0464. The number of nitrogens with one attached hydrogen (secondary N) is 1. The molecule has 0 aliphatic rings. The third-order valence-electron chi connectivity index (χ3n) is 4.57. The van der Waals surface area contributed by atoms with Crippen LogP contribution in [0.25, 0.3) is 6.08 Å². The van der Waals surface area contributed by atoms with Crippen LogP contribution in [0.3, 0.4) is 0 Å². The summed E-state index contributed by atoms with van der Waals surface area (Å²) in [5, 5.41) is 13.2. The summed E-state index contributed by atoms with van der Waals surface area (Å²) in [6, 6.07) is 18.0. The molecule has 0 bridgehead atoms. The summed E-state index contributed by atoms with van der Waals surface area (Å²) in [7, 11) is 1.51. The van der Waals surface area contributed by atoms with Gasteiger partial charge in [0, 0.05) is 5.69 Å². The van der Waals surface area contributed by atoms with Gasteiger partial charge in [0.2, 0.25) is 0 Å². The number of anilines is 1. The Morgan fingerprint density at radius 2 is 1.94 bits per heavy atom. The summed E-state index contributed by atoms with van der Waals surface area (Å²) in [4.78, 5) is 12.6. The molecule has 0 radical (unpaired) electrons. The zero-order valence-corrected chi connectivity index (χ0v) is 20.9. The zero-order valence-electron chi connectivity index (χ0n) is 17.8. The van der Waals surface area contributed by atoms with E-state index >= 15 is 0 Å². The van der Waals surface area contributed by atoms with E-state index in [-0.39, 0.29) is 12.2 Å². The highest BCUT2D eigenvalue weighted by molar-refractivity contribution is 9.10. The molecule has 3 aromatic carbocycles. The van der Waals surface area contributed by atoms with Crippen LogP contribution >= 0.6 is 39.1 Å². The van der Waals surface area contributed by atoms with Crippen LogP contribution in [-0.4, -0.2) is 13.0 Å². The van der Waals surface area contributed by atoms with E-state index in [1.807, 2.05) is 37.3 Å². The molecule has 5 nitrogen and oxygen atoms in total. The molecule has 0 saturated carbocycles. The molecule has 0 saturated heterocycles. The minimum atomic E-state index is -0.502. The van der Waals surface area contributed by atoms with Crippen molar-refractivity contribution in [2.45, 2.75) is 13.5 Å². The Labute approximate surface area is 210 Å². The topological polar surface area (TPSA) is 71.3 Å². The fourth-order valence-electron chi connectivity index (χ4n) is 2.98. The molecule has 3 rings (SSSR count). The standard InChI is InChI=1S/C25H19BrCl2N2O3/c1-15-4-3-5-19(8-15)30-25(31)18(13-29)9-17-10-20(26)24(23(12-17)32-2)33-14-16-6-7-21(27)22(28)11-16/h3-12H,14H2,1-2H3,(H,30,31)/b18-9-. The number of carbonyl (C=O) groups excluding carboxylic acids is 1. The molecule has 0 aromatic heterocycles. The lowest BCUT2D eigenvalue weighted by atomic mass is 10.1. The van der Waals surface area contributed by atoms with Crippen molar-refractivity contribution in [3.8, 4) is 17.6 Å². The number of halogens is 3. The van der Waals surface area contributed by atoms with E-state index < -0.39 is 5.91 Å². The van der Waals surface area contributed by atoms with Gasteiger partial charge in [0.15, 0.2) is 11.5 Å². The zero-order chi connectivity index (χ0) is 24.0. The maximum Gasteiger partial charge on any atom is 0.266 e. The predicted molar refractivity (Wildman–Crippen MR) is 135 cm³/mol. The van der Waals surface area contributed by atoms with E-state index in [0.717, 1.165) is 11.1 Å². The van der Waals surface area contributed by atoms with Gasteiger partial charge in [0.05, 0.1) is 21.6 Å². The molecule has 0 spiro atoms. The molecule has 0 atom stereocenters. The highest BCUT2D eigenvalue weighted by Gasteiger charge is 2.15. The summed E-state index contributed by atoms with van der Waals surface area (Å²) in [5.41, 5.74) is 3.00. The van der Waals surface area contributed by atoms with Gasteiger partial charge in [0.1, 0.15) is 18.2 Å². The molecule has 8 heteroatoms. The third kappa shape index (κ3) is 6.52. The first-order chi connectivity index (χ1) is 15.8. The minimum Gasteiger partial charge on any atom is -0.493 e. The molecule has 1 N–H and O–H groups in total. The smallest absolute Gasteiger partial charge is 0.266 e. The largest absolute Gasteiger partial charge is 0.493 e. The second-order valence-electron chi connectivity index (χ2n) is 7.06. The Bertz CT molecular complexity index is 1270. The summed E-state index contributed by atoms with van der Waals surface area (Å²) in [6.45, 7) is 2.16. The first kappa shape index (κ1) is 24.7. The Morgan fingerprint density at radius 1 is 1.15 bits per heavy atom. The Balaban J connectivity index is 1.82. The van der Waals surface area contributed by atoms with Crippen LogP contribution in [0.2, 0.25) is 10.0 Å². The summed E-state index contributed by atoms with van der Waals surface area (Å²) in [5.74, 6) is 0.411. The highest BCUT2D eigenvalue weighted by Crippen LogP contribution is 2.38. The van der Waals surface area contributed by atoms with E-state index in [1.54, 1.807) is 30.3 Å². The van der Waals surface area contributed by atoms with Gasteiger partial charge in [-0.25, -0.2) is 0 Å². The molecule has 0 unspecified atom stereocenters. The van der Waals surface area contributed by atoms with Crippen molar-refractivity contribution >= 4 is 56.8 Å². The second-order valence-corrected chi connectivity index (χ2v) is 8.73. The fourth-order valence-corrected chi connectivity index (χ4v) is 3.88. The van der Waals surface area contributed by atoms with Gasteiger partial charge in [-0.2, -0.15) is 5.26 Å². The summed E-state index contributed by atoms with van der Waals surface area (Å²) in [6.07, 6.45) is 1.49. The van der Waals surface area contributed by atoms with E-state index in [4.69, 9.17) is 32.7 Å². The van der Waals surface area contributed by atoms with Crippen LogP contribution in [0, 0.1) is 18.3 Å². The van der Waals surface area contributed by atoms with Crippen molar-refractivity contribution in [2.75, 3.05) is 12.4 Å². The monoisotopic (exact) mass is 544 g/mol. The molecule has 168 valence electrons. The first-order valence-electron chi connectivity index (χ1n) is 9.74. The van der Waals surface area contributed by atoms with Crippen LogP contribution in [0.5, 0.6) is 11.5 Å². The van der Waals surface area contributed by atoms with Crippen molar-refractivity contribution in [2.24, 2.45) is 0 Å². The van der Waals surface area contributed by atoms with Crippen LogP contribution in [-0.2, 0) is 11.4 Å². The fraction of sp³-hybridized carbons (Fsp3) is 0.120. The molecule has 0 heterocycles. The quantitative estimate of drug-likeness (QED) is 0.252. The third-order valence-corrected chi connectivity index (χ3v) is 5.90. The molecule has 3 aromatic rings. The van der Waals surface area contributed by atoms with Crippen molar-refractivity contribution in [1.82, 2.24) is 0 Å². The van der Waals surface area contributed by atoms with Crippen molar-refractivity contribution < 1.29 is 14.3 Å². The lowest BCUT2D eigenvalue weighted by molar-refractivity contribution is -0.112. The number of carbonyl (C=O) groups is 1. The molecule has 0 aliphatic heterocycles. The van der Waals surface area contributed by atoms with Gasteiger partial charge in [-0.1, -0.05) is 41.4 Å². The Hall–Kier alpha value is -2.98. The van der Waals surface area contributed by atoms with E-state index in [1.165, 1.54) is 13.2 Å². The number of methoxy groups -OCH3 is 1. The maximum atomic E-state index is 12.6. The van der Waals surface area contributed by atoms with Gasteiger partial charge in [-0.05, 0) is 82.0 Å². The number of hydrogen-bond acceptors (Lipinski definition) is 4. The summed E-state index contributed by atoms with van der Waals surface area (Å²) < 4.78 is 12.0. The number of rotatable bonds is 7. The number of nitrogens with zero attached hydrogens (tertiary/aromatic N) is 1. The van der Waals surface area contributed by atoms with E-state index in [9.17, 15) is 10.1 Å². The second kappa shape index (κ2) is 11.2. The molecular formula is C25H19BrCl2N2O3. The van der Waals surface area contributed by atoms with E-state index in [0.29, 0.717) is 37.3 Å². The van der Waals surface area contributed by atoms with E-state index in [2.05, 4.69) is 21.2 Å². The Kier molecular flexibility index (Phi) is 8.40. The molecule has 1 amide bonds. The first-order valence-corrected chi connectivity index (χ1v) is 11.3. The molecule has 0 fully saturated rings. The molecule has 0 aliphatic carbocycles. The van der Waals surface area contributed by atoms with Crippen LogP contribution in [0.4, 0.5) is 5.69 Å². The average Bonchev–Trinajstić information content (AvgIpc) is 2.78. The number of benzene rings is 3. The molecule has 33 heavy (non-hydrogen) atoms. The predicted octanol–water partition coefficient (Wildman–Crippen LogP) is 7.20. The van der Waals surface area contributed by atoms with Gasteiger partial charge in [-0.15, -0.1) is 0 Å². The van der Waals surface area contributed by atoms with Gasteiger partial charge < -0.3 is 14.8 Å². The van der Waals surface area contributed by atoms with Crippen LogP contribution in [0.15, 0.2) is 64.6 Å². The lowest BCUT2D eigenvalue weighted by Crippen LogP contribution is -2.13. The molecular weight excluding hydrogens is 527 g/mol. The normalized spacial score (nSPS) is 11.0. The summed E-state index contributed by atoms with van der Waals surface area (Å²) >= 11 is 15.5. The number of aryl methyl sites for hydroxylation is 1. The van der Waals surface area contributed by atoms with Crippen LogP contribution < -0.4 is 14.8 Å². The number of amides is 1. The number of nitriles is 1. The van der Waals surface area contributed by atoms with Gasteiger partial charge in [0.25, 0.3) is 5.91 Å². The number of ether oxygens (including phenoxy) is 2. The number of hydrogen-bond donors (Lipinski definition) is 1. The van der Waals surface area contributed by atoms with Crippen LogP contribution in [0.1, 0.15) is 16.7 Å². The van der Waals surface area contributed by atoms with Crippen molar-refractivity contribution in [3.05, 3.63) is 91.4 Å². The maximum absolute atomic E-state index is 12.6. The Morgan fingerprint density at radius 3 is 2.61 bits per heavy atom. The highest BCUT2D eigenvalue weighted by atomic mass is 79.9. The van der Waals surface area contributed by atoms with Gasteiger partial charge >= 0.3 is 0 Å². The van der Waals surface area contributed by atoms with Crippen molar-refractivity contribution in [1.29, 1.82) is 5.26 Å². The van der Waals surface area contributed by atoms with Crippen molar-refractivity contribution in [3.63, 3.8) is 0 Å².